The first-order chi connectivity index (χ1) is 12.4. The van der Waals surface area contributed by atoms with Crippen molar-refractivity contribution in [3.63, 3.8) is 0 Å². The molecule has 0 spiro atoms. The highest BCUT2D eigenvalue weighted by Crippen LogP contribution is 2.16. The Kier molecular flexibility index (Phi) is 8.53. The second-order valence-electron chi connectivity index (χ2n) is 6.69. The first kappa shape index (κ1) is 21.3. The molecule has 1 amide bonds. The molecule has 0 bridgehead atoms. The van der Waals surface area contributed by atoms with E-state index in [1.807, 2.05) is 0 Å². The monoisotopic (exact) mass is 445 g/mol. The fourth-order valence-corrected chi connectivity index (χ4v) is 4.38. The van der Waals surface area contributed by atoms with E-state index in [-0.39, 0.29) is 23.8 Å². The minimum Gasteiger partial charge on any atom is -0.356 e. The van der Waals surface area contributed by atoms with Crippen LogP contribution in [0.2, 0.25) is 0 Å². The summed E-state index contributed by atoms with van der Waals surface area (Å²) in [6, 6.07) is 7.02. The molecule has 1 aromatic rings. The summed E-state index contributed by atoms with van der Waals surface area (Å²) in [4.78, 5) is 14.5. The first-order valence-electron chi connectivity index (χ1n) is 9.14. The van der Waals surface area contributed by atoms with E-state index in [9.17, 15) is 13.2 Å². The summed E-state index contributed by atoms with van der Waals surface area (Å²) in [5.41, 5.74) is 0. The number of nitrogens with one attached hydrogen (secondary N) is 2. The number of rotatable bonds is 9. The van der Waals surface area contributed by atoms with Crippen molar-refractivity contribution in [1.29, 1.82) is 0 Å². The van der Waals surface area contributed by atoms with E-state index in [1.54, 1.807) is 12.1 Å². The van der Waals surface area contributed by atoms with Gasteiger partial charge in [0.25, 0.3) is 0 Å². The predicted octanol–water partition coefficient (Wildman–Crippen LogP) is 2.50. The van der Waals surface area contributed by atoms with Gasteiger partial charge in [-0.25, -0.2) is 13.1 Å². The molecule has 1 fully saturated rings. The normalized spacial score (nSPS) is 18.6. The lowest BCUT2D eigenvalue weighted by molar-refractivity contribution is -0.120. The van der Waals surface area contributed by atoms with Crippen LogP contribution in [0.15, 0.2) is 33.6 Å². The Labute approximate surface area is 164 Å². The number of hydrogen-bond acceptors (Lipinski definition) is 4. The summed E-state index contributed by atoms with van der Waals surface area (Å²) in [5.74, 6) is -0.129. The second kappa shape index (κ2) is 10.4. The van der Waals surface area contributed by atoms with Gasteiger partial charge in [-0.15, -0.1) is 0 Å². The number of nitrogens with zero attached hydrogens (tertiary/aromatic N) is 1. The Balaban J connectivity index is 1.62. The summed E-state index contributed by atoms with van der Waals surface area (Å²) >= 11 is 3.27. The number of sulfonamides is 1. The Hall–Kier alpha value is -0.960. The molecule has 0 aromatic heterocycles. The van der Waals surface area contributed by atoms with Crippen LogP contribution in [0.5, 0.6) is 0 Å². The largest absolute Gasteiger partial charge is 0.356 e. The van der Waals surface area contributed by atoms with Crippen molar-refractivity contribution >= 4 is 31.9 Å². The quantitative estimate of drug-likeness (QED) is 0.572. The molecule has 0 saturated carbocycles. The zero-order valence-corrected chi connectivity index (χ0v) is 17.6. The third-order valence-electron chi connectivity index (χ3n) is 4.65. The average molecular weight is 446 g/mol. The molecule has 1 aliphatic rings. The van der Waals surface area contributed by atoms with Crippen molar-refractivity contribution in [3.05, 3.63) is 28.7 Å². The predicted molar refractivity (Wildman–Crippen MR) is 106 cm³/mol. The minimum atomic E-state index is -3.58. The molecule has 0 aliphatic carbocycles. The summed E-state index contributed by atoms with van der Waals surface area (Å²) in [5, 5.41) is 2.86. The molecule has 6 nitrogen and oxygen atoms in total. The van der Waals surface area contributed by atoms with Crippen LogP contribution in [0.4, 0.5) is 0 Å². The summed E-state index contributed by atoms with van der Waals surface area (Å²) < 4.78 is 27.5. The van der Waals surface area contributed by atoms with Gasteiger partial charge < -0.3 is 10.2 Å². The Morgan fingerprint density at radius 3 is 2.65 bits per heavy atom. The zero-order chi connectivity index (χ0) is 19.0. The molecular formula is C18H28BrN3O3S. The van der Waals surface area contributed by atoms with Crippen molar-refractivity contribution in [2.75, 3.05) is 26.2 Å². The first-order valence-corrected chi connectivity index (χ1v) is 11.4. The van der Waals surface area contributed by atoms with E-state index < -0.39 is 10.0 Å². The van der Waals surface area contributed by atoms with Gasteiger partial charge in [0.2, 0.25) is 15.9 Å². The van der Waals surface area contributed by atoms with Crippen molar-refractivity contribution in [3.8, 4) is 0 Å². The standard InChI is InChI=1S/C18H28BrN3O3S/c1-15-5-2-3-13-22(15)14-4-11-20-18(23)10-12-21-26(24,25)17-8-6-16(19)7-9-17/h6-9,15,21H,2-5,10-14H2,1H3,(H,20,23). The number of piperidine rings is 1. The molecule has 1 aliphatic heterocycles. The van der Waals surface area contributed by atoms with Crippen LogP contribution in [-0.4, -0.2) is 51.4 Å². The molecule has 146 valence electrons. The van der Waals surface area contributed by atoms with E-state index in [4.69, 9.17) is 0 Å². The average Bonchev–Trinajstić information content (AvgIpc) is 2.60. The van der Waals surface area contributed by atoms with Gasteiger partial charge in [-0.3, -0.25) is 4.79 Å². The molecule has 2 N–H and O–H groups in total. The third kappa shape index (κ3) is 6.98. The van der Waals surface area contributed by atoms with Crippen LogP contribution in [-0.2, 0) is 14.8 Å². The molecular weight excluding hydrogens is 418 g/mol. The number of amides is 1. The van der Waals surface area contributed by atoms with Crippen molar-refractivity contribution in [2.45, 2.75) is 50.0 Å². The fraction of sp³-hybridized carbons (Fsp3) is 0.611. The van der Waals surface area contributed by atoms with E-state index in [0.717, 1.165) is 24.0 Å². The number of benzene rings is 1. The number of halogens is 1. The summed E-state index contributed by atoms with van der Waals surface area (Å²) in [7, 11) is -3.58. The van der Waals surface area contributed by atoms with Crippen LogP contribution < -0.4 is 10.0 Å². The van der Waals surface area contributed by atoms with Gasteiger partial charge in [0.05, 0.1) is 4.90 Å². The Morgan fingerprint density at radius 1 is 1.23 bits per heavy atom. The molecule has 2 rings (SSSR count). The van der Waals surface area contributed by atoms with Gasteiger partial charge in [-0.05, 0) is 57.0 Å². The molecule has 1 saturated heterocycles. The molecule has 0 radical (unpaired) electrons. The van der Waals surface area contributed by atoms with Gasteiger partial charge >= 0.3 is 0 Å². The van der Waals surface area contributed by atoms with Gasteiger partial charge in [0.1, 0.15) is 0 Å². The van der Waals surface area contributed by atoms with Crippen LogP contribution in [0, 0.1) is 0 Å². The lowest BCUT2D eigenvalue weighted by Gasteiger charge is -2.33. The minimum absolute atomic E-state index is 0.0907. The van der Waals surface area contributed by atoms with Crippen LogP contribution in [0.1, 0.15) is 39.0 Å². The highest BCUT2D eigenvalue weighted by atomic mass is 79.9. The maximum atomic E-state index is 12.1. The van der Waals surface area contributed by atoms with Crippen LogP contribution in [0.25, 0.3) is 0 Å². The van der Waals surface area contributed by atoms with Crippen molar-refractivity contribution in [2.24, 2.45) is 0 Å². The Morgan fingerprint density at radius 2 is 1.96 bits per heavy atom. The smallest absolute Gasteiger partial charge is 0.240 e. The number of likely N-dealkylation sites (tertiary alicyclic amines) is 1. The van der Waals surface area contributed by atoms with Crippen molar-refractivity contribution < 1.29 is 13.2 Å². The van der Waals surface area contributed by atoms with Gasteiger partial charge in [-0.1, -0.05) is 22.4 Å². The van der Waals surface area contributed by atoms with E-state index in [2.05, 4.69) is 37.8 Å². The third-order valence-corrected chi connectivity index (χ3v) is 6.66. The fourth-order valence-electron chi connectivity index (χ4n) is 3.08. The molecule has 1 unspecified atom stereocenters. The SMILES string of the molecule is CC1CCCCN1CCCNC(=O)CCNS(=O)(=O)c1ccc(Br)cc1. The highest BCUT2D eigenvalue weighted by molar-refractivity contribution is 9.10. The van der Waals surface area contributed by atoms with Gasteiger partial charge in [0.15, 0.2) is 0 Å². The van der Waals surface area contributed by atoms with Crippen LogP contribution >= 0.6 is 15.9 Å². The molecule has 26 heavy (non-hydrogen) atoms. The number of carbonyl (C=O) groups excluding carboxylic acids is 1. The molecule has 1 heterocycles. The highest BCUT2D eigenvalue weighted by Gasteiger charge is 2.17. The van der Waals surface area contributed by atoms with E-state index in [0.29, 0.717) is 12.6 Å². The summed E-state index contributed by atoms with van der Waals surface area (Å²) in [6.07, 6.45) is 4.88. The Bertz CT molecular complexity index is 679. The summed E-state index contributed by atoms with van der Waals surface area (Å²) in [6.45, 7) is 5.12. The van der Waals surface area contributed by atoms with E-state index >= 15 is 0 Å². The van der Waals surface area contributed by atoms with Gasteiger partial charge in [0, 0.05) is 36.6 Å². The maximum absolute atomic E-state index is 12.1. The lowest BCUT2D eigenvalue weighted by Crippen LogP contribution is -2.39. The molecule has 8 heteroatoms. The lowest BCUT2D eigenvalue weighted by atomic mass is 10.0. The maximum Gasteiger partial charge on any atom is 0.240 e. The molecule has 1 atom stereocenters. The van der Waals surface area contributed by atoms with Crippen LogP contribution in [0.3, 0.4) is 0 Å². The number of hydrogen-bond donors (Lipinski definition) is 2. The van der Waals surface area contributed by atoms with Gasteiger partial charge in [-0.2, -0.15) is 0 Å². The van der Waals surface area contributed by atoms with E-state index in [1.165, 1.54) is 31.4 Å². The number of carbonyl (C=O) groups is 1. The second-order valence-corrected chi connectivity index (χ2v) is 9.37. The molecule has 1 aromatic carbocycles. The topological polar surface area (TPSA) is 78.5 Å². The zero-order valence-electron chi connectivity index (χ0n) is 15.2. The van der Waals surface area contributed by atoms with Crippen molar-refractivity contribution in [1.82, 2.24) is 14.9 Å².